The summed E-state index contributed by atoms with van der Waals surface area (Å²) in [6.45, 7) is 6.48. The largest absolute Gasteiger partial charge is 0.263 e. The van der Waals surface area contributed by atoms with Gasteiger partial charge >= 0.3 is 0 Å². The molecule has 72 valence electrons. The lowest BCUT2D eigenvalue weighted by Crippen LogP contribution is -1.98. The summed E-state index contributed by atoms with van der Waals surface area (Å²) in [5, 5.41) is 7.26. The van der Waals surface area contributed by atoms with Crippen LogP contribution in [0.5, 0.6) is 0 Å². The lowest BCUT2D eigenvalue weighted by molar-refractivity contribution is 0.622. The van der Waals surface area contributed by atoms with Crippen molar-refractivity contribution >= 4 is 0 Å². The van der Waals surface area contributed by atoms with Gasteiger partial charge in [-0.2, -0.15) is 5.10 Å². The molecule has 1 aromatic heterocycles. The van der Waals surface area contributed by atoms with E-state index < -0.39 is 0 Å². The summed E-state index contributed by atoms with van der Waals surface area (Å²) in [6, 6.07) is 0. The van der Waals surface area contributed by atoms with Crippen LogP contribution in [-0.4, -0.2) is 15.2 Å². The first-order chi connectivity index (χ1) is 6.18. The van der Waals surface area contributed by atoms with Crippen molar-refractivity contribution in [2.45, 2.75) is 45.4 Å². The van der Waals surface area contributed by atoms with E-state index in [1.807, 2.05) is 0 Å². The normalized spacial score (nSPS) is 19.4. The average molecular weight is 179 g/mol. The number of hydrogen-bond acceptors (Lipinski definition) is 2. The molecule has 0 aromatic carbocycles. The van der Waals surface area contributed by atoms with Gasteiger partial charge < -0.3 is 0 Å². The van der Waals surface area contributed by atoms with Crippen LogP contribution in [-0.2, 0) is 0 Å². The number of aromatic nitrogens is 3. The predicted molar refractivity (Wildman–Crippen MR) is 51.6 cm³/mol. The van der Waals surface area contributed by atoms with E-state index in [0.29, 0.717) is 11.8 Å². The number of nitrogens with zero attached hydrogens (tertiary/aromatic N) is 2. The zero-order valence-corrected chi connectivity index (χ0v) is 8.54. The van der Waals surface area contributed by atoms with Crippen molar-refractivity contribution in [1.29, 1.82) is 0 Å². The van der Waals surface area contributed by atoms with Crippen molar-refractivity contribution in [3.8, 4) is 0 Å². The molecule has 0 bridgehead atoms. The maximum absolute atomic E-state index is 4.50. The smallest absolute Gasteiger partial charge is 0.153 e. The SMILES string of the molecule is CC(C)c1n[nH]c(C(C)C2CC2)n1. The van der Waals surface area contributed by atoms with Gasteiger partial charge in [0.25, 0.3) is 0 Å². The summed E-state index contributed by atoms with van der Waals surface area (Å²) in [4.78, 5) is 4.50. The fourth-order valence-corrected chi connectivity index (χ4v) is 1.57. The van der Waals surface area contributed by atoms with Gasteiger partial charge in [0.15, 0.2) is 5.82 Å². The second kappa shape index (κ2) is 3.13. The van der Waals surface area contributed by atoms with E-state index in [2.05, 4.69) is 36.0 Å². The van der Waals surface area contributed by atoms with Gasteiger partial charge in [-0.15, -0.1) is 0 Å². The molecule has 1 fully saturated rings. The standard InChI is InChI=1S/C10H17N3/c1-6(2)9-11-10(13-12-9)7(3)8-4-5-8/h6-8H,4-5H2,1-3H3,(H,11,12,13). The molecule has 0 radical (unpaired) electrons. The Bertz CT molecular complexity index is 286. The molecule has 1 unspecified atom stereocenters. The molecule has 1 aliphatic carbocycles. The number of H-pyrrole nitrogens is 1. The van der Waals surface area contributed by atoms with E-state index in [0.717, 1.165) is 17.6 Å². The highest BCUT2D eigenvalue weighted by atomic mass is 15.2. The van der Waals surface area contributed by atoms with Crippen molar-refractivity contribution in [3.63, 3.8) is 0 Å². The highest BCUT2D eigenvalue weighted by Crippen LogP contribution is 2.41. The third-order valence-electron chi connectivity index (χ3n) is 2.80. The fraction of sp³-hybridized carbons (Fsp3) is 0.800. The Labute approximate surface area is 79.0 Å². The highest BCUT2D eigenvalue weighted by molar-refractivity contribution is 5.03. The molecule has 1 aliphatic rings. The quantitative estimate of drug-likeness (QED) is 0.774. The monoisotopic (exact) mass is 179 g/mol. The molecule has 0 aliphatic heterocycles. The highest BCUT2D eigenvalue weighted by Gasteiger charge is 2.31. The number of rotatable bonds is 3. The molecule has 3 nitrogen and oxygen atoms in total. The summed E-state index contributed by atoms with van der Waals surface area (Å²) in [6.07, 6.45) is 2.72. The second-order valence-corrected chi connectivity index (χ2v) is 4.36. The zero-order valence-electron chi connectivity index (χ0n) is 8.54. The molecular weight excluding hydrogens is 162 g/mol. The number of hydrogen-bond donors (Lipinski definition) is 1. The Hall–Kier alpha value is -0.860. The fourth-order valence-electron chi connectivity index (χ4n) is 1.57. The topological polar surface area (TPSA) is 41.6 Å². The maximum atomic E-state index is 4.50. The van der Waals surface area contributed by atoms with Crippen molar-refractivity contribution in [2.24, 2.45) is 5.92 Å². The number of aromatic amines is 1. The van der Waals surface area contributed by atoms with E-state index in [-0.39, 0.29) is 0 Å². The van der Waals surface area contributed by atoms with E-state index in [1.165, 1.54) is 12.8 Å². The number of nitrogens with one attached hydrogen (secondary N) is 1. The minimum Gasteiger partial charge on any atom is -0.263 e. The van der Waals surface area contributed by atoms with Crippen molar-refractivity contribution < 1.29 is 0 Å². The summed E-state index contributed by atoms with van der Waals surface area (Å²) in [7, 11) is 0. The Kier molecular flexibility index (Phi) is 2.10. The third-order valence-corrected chi connectivity index (χ3v) is 2.80. The lowest BCUT2D eigenvalue weighted by Gasteiger charge is -2.03. The maximum Gasteiger partial charge on any atom is 0.153 e. The van der Waals surface area contributed by atoms with E-state index >= 15 is 0 Å². The molecule has 1 heterocycles. The van der Waals surface area contributed by atoms with Crippen LogP contribution in [0.2, 0.25) is 0 Å². The van der Waals surface area contributed by atoms with E-state index in [4.69, 9.17) is 0 Å². The summed E-state index contributed by atoms with van der Waals surface area (Å²) >= 11 is 0. The molecule has 1 saturated carbocycles. The van der Waals surface area contributed by atoms with Gasteiger partial charge in [-0.25, -0.2) is 4.98 Å². The van der Waals surface area contributed by atoms with Crippen LogP contribution in [0.1, 0.15) is 57.1 Å². The summed E-state index contributed by atoms with van der Waals surface area (Å²) in [5.74, 6) is 3.87. The summed E-state index contributed by atoms with van der Waals surface area (Å²) in [5.41, 5.74) is 0. The van der Waals surface area contributed by atoms with Crippen molar-refractivity contribution in [3.05, 3.63) is 11.6 Å². The van der Waals surface area contributed by atoms with E-state index in [1.54, 1.807) is 0 Å². The van der Waals surface area contributed by atoms with Crippen molar-refractivity contribution in [1.82, 2.24) is 15.2 Å². The van der Waals surface area contributed by atoms with Gasteiger partial charge in [0.2, 0.25) is 0 Å². The van der Waals surface area contributed by atoms with E-state index in [9.17, 15) is 0 Å². The molecule has 0 amide bonds. The molecule has 0 saturated heterocycles. The molecule has 0 spiro atoms. The summed E-state index contributed by atoms with van der Waals surface area (Å²) < 4.78 is 0. The molecular formula is C10H17N3. The van der Waals surface area contributed by atoms with Crippen LogP contribution >= 0.6 is 0 Å². The minimum atomic E-state index is 0.427. The third kappa shape index (κ3) is 1.74. The second-order valence-electron chi connectivity index (χ2n) is 4.36. The van der Waals surface area contributed by atoms with Gasteiger partial charge in [0, 0.05) is 11.8 Å². The Morgan fingerprint density at radius 3 is 2.46 bits per heavy atom. The van der Waals surface area contributed by atoms with Gasteiger partial charge in [-0.3, -0.25) is 5.10 Å². The zero-order chi connectivity index (χ0) is 9.42. The van der Waals surface area contributed by atoms with Crippen LogP contribution in [0.3, 0.4) is 0 Å². The Morgan fingerprint density at radius 1 is 1.31 bits per heavy atom. The molecule has 1 aromatic rings. The first-order valence-corrected chi connectivity index (χ1v) is 5.10. The van der Waals surface area contributed by atoms with Gasteiger partial charge in [0.05, 0.1) is 0 Å². The van der Waals surface area contributed by atoms with Crippen molar-refractivity contribution in [2.75, 3.05) is 0 Å². The lowest BCUT2D eigenvalue weighted by atomic mass is 10.1. The molecule has 1 atom stereocenters. The first kappa shape index (κ1) is 8.73. The Balaban J connectivity index is 2.11. The molecule has 13 heavy (non-hydrogen) atoms. The van der Waals surface area contributed by atoms with Crippen LogP contribution in [0.15, 0.2) is 0 Å². The molecule has 1 N–H and O–H groups in total. The van der Waals surface area contributed by atoms with Gasteiger partial charge in [-0.1, -0.05) is 20.8 Å². The van der Waals surface area contributed by atoms with Crippen LogP contribution in [0.25, 0.3) is 0 Å². The van der Waals surface area contributed by atoms with Gasteiger partial charge in [-0.05, 0) is 18.8 Å². The first-order valence-electron chi connectivity index (χ1n) is 5.10. The average Bonchev–Trinajstić information content (AvgIpc) is 2.81. The predicted octanol–water partition coefficient (Wildman–Crippen LogP) is 2.44. The van der Waals surface area contributed by atoms with Gasteiger partial charge in [0.1, 0.15) is 5.82 Å². The van der Waals surface area contributed by atoms with Crippen LogP contribution in [0.4, 0.5) is 0 Å². The molecule has 3 heteroatoms. The minimum absolute atomic E-state index is 0.427. The Morgan fingerprint density at radius 2 is 2.00 bits per heavy atom. The van der Waals surface area contributed by atoms with Crippen LogP contribution in [0, 0.1) is 5.92 Å². The van der Waals surface area contributed by atoms with Crippen LogP contribution < -0.4 is 0 Å². The molecule has 2 rings (SSSR count).